The Morgan fingerprint density at radius 1 is 1.21 bits per heavy atom. The lowest BCUT2D eigenvalue weighted by Crippen LogP contribution is -2.37. The minimum absolute atomic E-state index is 0.201. The number of benzene rings is 2. The standard InChI is InChI=1S/C27H35N3O3/c1-4-22(31)17-30(18-24-14-9-15-32-24)19-25-26(21-11-6-5-7-12-21)28-29(3)27(25)33-23-13-8-10-20(2)16-23/h5-8,10-13,16,22,24,31H,4,9,14-15,17-19H2,1-3H3/t22-,24+/m0/s1. The minimum Gasteiger partial charge on any atom is -0.439 e. The predicted octanol–water partition coefficient (Wildman–Crippen LogP) is 4.94. The number of hydrogen-bond donors (Lipinski definition) is 1. The van der Waals surface area contributed by atoms with E-state index in [2.05, 4.69) is 30.0 Å². The van der Waals surface area contributed by atoms with Crippen LogP contribution in [-0.2, 0) is 18.3 Å². The van der Waals surface area contributed by atoms with E-state index in [-0.39, 0.29) is 12.2 Å². The van der Waals surface area contributed by atoms with E-state index in [1.54, 1.807) is 0 Å². The van der Waals surface area contributed by atoms with Gasteiger partial charge in [-0.05, 0) is 43.9 Å². The Hall–Kier alpha value is -2.67. The molecule has 6 nitrogen and oxygen atoms in total. The van der Waals surface area contributed by atoms with Crippen molar-refractivity contribution in [2.45, 2.75) is 51.9 Å². The molecule has 0 radical (unpaired) electrons. The van der Waals surface area contributed by atoms with Crippen LogP contribution in [0.4, 0.5) is 0 Å². The van der Waals surface area contributed by atoms with Crippen LogP contribution in [0.1, 0.15) is 37.3 Å². The summed E-state index contributed by atoms with van der Waals surface area (Å²) in [4.78, 5) is 2.29. The van der Waals surface area contributed by atoms with E-state index in [4.69, 9.17) is 14.6 Å². The third kappa shape index (κ3) is 6.02. The van der Waals surface area contributed by atoms with Crippen LogP contribution in [-0.4, -0.2) is 51.7 Å². The Bertz CT molecular complexity index is 1030. The molecule has 1 aliphatic rings. The smallest absolute Gasteiger partial charge is 0.222 e. The molecular formula is C27H35N3O3. The highest BCUT2D eigenvalue weighted by atomic mass is 16.5. The molecule has 33 heavy (non-hydrogen) atoms. The Kier molecular flexibility index (Phi) is 7.81. The molecular weight excluding hydrogens is 414 g/mol. The number of aliphatic hydroxyl groups excluding tert-OH is 1. The molecule has 1 N–H and O–H groups in total. The second kappa shape index (κ2) is 11.0. The third-order valence-electron chi connectivity index (χ3n) is 6.15. The molecule has 1 aromatic heterocycles. The first-order chi connectivity index (χ1) is 16.0. The molecule has 0 aliphatic carbocycles. The van der Waals surface area contributed by atoms with Crippen LogP contribution in [0.15, 0.2) is 54.6 Å². The molecule has 0 amide bonds. The van der Waals surface area contributed by atoms with Crippen LogP contribution >= 0.6 is 0 Å². The van der Waals surface area contributed by atoms with Crippen molar-refractivity contribution in [2.24, 2.45) is 7.05 Å². The van der Waals surface area contributed by atoms with E-state index in [0.717, 1.165) is 60.0 Å². The molecule has 2 aromatic carbocycles. The molecule has 0 unspecified atom stereocenters. The van der Waals surface area contributed by atoms with Gasteiger partial charge >= 0.3 is 0 Å². The zero-order valence-electron chi connectivity index (χ0n) is 19.9. The van der Waals surface area contributed by atoms with E-state index in [0.29, 0.717) is 19.5 Å². The summed E-state index contributed by atoms with van der Waals surface area (Å²) in [5.74, 6) is 1.51. The Morgan fingerprint density at radius 3 is 2.73 bits per heavy atom. The highest BCUT2D eigenvalue weighted by molar-refractivity contribution is 5.65. The number of ether oxygens (including phenoxy) is 2. The first-order valence-corrected chi connectivity index (χ1v) is 11.9. The molecule has 0 bridgehead atoms. The average molecular weight is 450 g/mol. The first kappa shape index (κ1) is 23.5. The lowest BCUT2D eigenvalue weighted by atomic mass is 10.1. The maximum atomic E-state index is 10.5. The first-order valence-electron chi connectivity index (χ1n) is 11.9. The normalized spacial score (nSPS) is 16.9. The van der Waals surface area contributed by atoms with Gasteiger partial charge in [0.2, 0.25) is 5.88 Å². The van der Waals surface area contributed by atoms with Crippen molar-refractivity contribution in [3.05, 3.63) is 65.7 Å². The molecule has 1 fully saturated rings. The van der Waals surface area contributed by atoms with Crippen molar-refractivity contribution in [3.63, 3.8) is 0 Å². The molecule has 6 heteroatoms. The Labute approximate surface area is 196 Å². The predicted molar refractivity (Wildman–Crippen MR) is 130 cm³/mol. The van der Waals surface area contributed by atoms with Crippen LogP contribution in [0, 0.1) is 6.92 Å². The minimum atomic E-state index is -0.385. The Balaban J connectivity index is 1.70. The fourth-order valence-corrected chi connectivity index (χ4v) is 4.37. The number of rotatable bonds is 10. The summed E-state index contributed by atoms with van der Waals surface area (Å²) in [6.45, 7) is 6.88. The lowest BCUT2D eigenvalue weighted by molar-refractivity contribution is 0.0452. The fraction of sp³-hybridized carbons (Fsp3) is 0.444. The largest absolute Gasteiger partial charge is 0.439 e. The summed E-state index contributed by atoms with van der Waals surface area (Å²) >= 11 is 0. The molecule has 0 spiro atoms. The van der Waals surface area contributed by atoms with Gasteiger partial charge in [-0.1, -0.05) is 49.4 Å². The molecule has 2 atom stereocenters. The van der Waals surface area contributed by atoms with Crippen LogP contribution in [0.5, 0.6) is 11.6 Å². The molecule has 3 aromatic rings. The summed E-state index contributed by atoms with van der Waals surface area (Å²) in [5, 5.41) is 15.3. The van der Waals surface area contributed by atoms with Crippen molar-refractivity contribution in [1.82, 2.24) is 14.7 Å². The fourth-order valence-electron chi connectivity index (χ4n) is 4.37. The number of aryl methyl sites for hydroxylation is 2. The summed E-state index contributed by atoms with van der Waals surface area (Å²) in [5.41, 5.74) is 4.12. The molecule has 2 heterocycles. The zero-order valence-corrected chi connectivity index (χ0v) is 19.9. The monoisotopic (exact) mass is 449 g/mol. The molecule has 4 rings (SSSR count). The summed E-state index contributed by atoms with van der Waals surface area (Å²) in [6.07, 6.45) is 2.69. The van der Waals surface area contributed by atoms with Gasteiger partial charge in [0.25, 0.3) is 0 Å². The number of hydrogen-bond acceptors (Lipinski definition) is 5. The molecule has 1 saturated heterocycles. The number of aromatic nitrogens is 2. The van der Waals surface area contributed by atoms with E-state index < -0.39 is 0 Å². The Morgan fingerprint density at radius 2 is 2.03 bits per heavy atom. The SMILES string of the molecule is CC[C@H](O)CN(Cc1c(-c2ccccc2)nn(C)c1Oc1cccc(C)c1)C[C@H]1CCCO1. The second-order valence-electron chi connectivity index (χ2n) is 8.93. The van der Waals surface area contributed by atoms with Gasteiger partial charge < -0.3 is 14.6 Å². The van der Waals surface area contributed by atoms with Crippen molar-refractivity contribution in [2.75, 3.05) is 19.7 Å². The van der Waals surface area contributed by atoms with Gasteiger partial charge in [0.15, 0.2) is 0 Å². The highest BCUT2D eigenvalue weighted by Gasteiger charge is 2.26. The second-order valence-corrected chi connectivity index (χ2v) is 8.93. The van der Waals surface area contributed by atoms with Gasteiger partial charge in [-0.25, -0.2) is 4.68 Å². The average Bonchev–Trinajstić information content (AvgIpc) is 3.43. The van der Waals surface area contributed by atoms with Crippen molar-refractivity contribution in [1.29, 1.82) is 0 Å². The van der Waals surface area contributed by atoms with Crippen molar-refractivity contribution < 1.29 is 14.6 Å². The maximum absolute atomic E-state index is 10.5. The summed E-state index contributed by atoms with van der Waals surface area (Å²) in [7, 11) is 1.92. The van der Waals surface area contributed by atoms with Crippen LogP contribution in [0.25, 0.3) is 11.3 Å². The molecule has 0 saturated carbocycles. The van der Waals surface area contributed by atoms with Gasteiger partial charge in [0.05, 0.1) is 17.8 Å². The van der Waals surface area contributed by atoms with Crippen LogP contribution < -0.4 is 4.74 Å². The van der Waals surface area contributed by atoms with Crippen molar-refractivity contribution >= 4 is 0 Å². The van der Waals surface area contributed by atoms with E-state index in [1.165, 1.54) is 0 Å². The van der Waals surface area contributed by atoms with Crippen LogP contribution in [0.3, 0.4) is 0 Å². The van der Waals surface area contributed by atoms with Gasteiger partial charge in [0, 0.05) is 38.9 Å². The highest BCUT2D eigenvalue weighted by Crippen LogP contribution is 2.34. The van der Waals surface area contributed by atoms with Gasteiger partial charge in [-0.15, -0.1) is 0 Å². The van der Waals surface area contributed by atoms with E-state index in [9.17, 15) is 5.11 Å². The van der Waals surface area contributed by atoms with E-state index in [1.807, 2.05) is 55.1 Å². The number of aliphatic hydroxyl groups is 1. The van der Waals surface area contributed by atoms with Gasteiger partial charge in [-0.2, -0.15) is 5.10 Å². The molecule has 176 valence electrons. The van der Waals surface area contributed by atoms with Crippen LogP contribution in [0.2, 0.25) is 0 Å². The van der Waals surface area contributed by atoms with Crippen molar-refractivity contribution in [3.8, 4) is 22.9 Å². The van der Waals surface area contributed by atoms with Gasteiger partial charge in [-0.3, -0.25) is 4.90 Å². The zero-order chi connectivity index (χ0) is 23.2. The maximum Gasteiger partial charge on any atom is 0.222 e. The quantitative estimate of drug-likeness (QED) is 0.475. The van der Waals surface area contributed by atoms with Gasteiger partial charge in [0.1, 0.15) is 11.4 Å². The summed E-state index contributed by atoms with van der Waals surface area (Å²) in [6, 6.07) is 18.3. The topological polar surface area (TPSA) is 59.8 Å². The number of nitrogens with zero attached hydrogens (tertiary/aromatic N) is 3. The third-order valence-corrected chi connectivity index (χ3v) is 6.15. The summed E-state index contributed by atoms with van der Waals surface area (Å²) < 4.78 is 14.1. The van der Waals surface area contributed by atoms with E-state index >= 15 is 0 Å². The molecule has 1 aliphatic heterocycles. The lowest BCUT2D eigenvalue weighted by Gasteiger charge is -2.27.